The molecule has 0 saturated heterocycles. The number of ketones is 1. The minimum absolute atomic E-state index is 0.0584. The van der Waals surface area contributed by atoms with Crippen LogP contribution in [-0.2, 0) is 10.3 Å². The molecular formula is C17H23N3O3. The summed E-state index contributed by atoms with van der Waals surface area (Å²) in [5.41, 5.74) is 1.39. The maximum absolute atomic E-state index is 12.1. The van der Waals surface area contributed by atoms with Crippen LogP contribution in [-0.4, -0.2) is 39.4 Å². The van der Waals surface area contributed by atoms with Gasteiger partial charge in [-0.2, -0.15) is 5.10 Å². The SMILES string of the molecule is COCC(=O)c1cc(O)c2c(C3CCC3)nn(C(C)(C)C)c2n1. The Balaban J connectivity index is 2.23. The van der Waals surface area contributed by atoms with Crippen molar-refractivity contribution in [1.29, 1.82) is 0 Å². The van der Waals surface area contributed by atoms with E-state index < -0.39 is 0 Å². The molecule has 1 N–H and O–H groups in total. The fourth-order valence-corrected chi connectivity index (χ4v) is 2.91. The van der Waals surface area contributed by atoms with Crippen molar-refractivity contribution in [2.45, 2.75) is 51.5 Å². The van der Waals surface area contributed by atoms with Crippen molar-refractivity contribution in [3.8, 4) is 5.75 Å². The van der Waals surface area contributed by atoms with Crippen LogP contribution < -0.4 is 0 Å². The van der Waals surface area contributed by atoms with Gasteiger partial charge >= 0.3 is 0 Å². The quantitative estimate of drug-likeness (QED) is 0.877. The van der Waals surface area contributed by atoms with Crippen LogP contribution in [0.15, 0.2) is 6.07 Å². The van der Waals surface area contributed by atoms with Crippen LogP contribution in [0.25, 0.3) is 11.0 Å². The highest BCUT2D eigenvalue weighted by atomic mass is 16.5. The van der Waals surface area contributed by atoms with Crippen LogP contribution in [0.1, 0.15) is 62.1 Å². The van der Waals surface area contributed by atoms with Gasteiger partial charge in [0.1, 0.15) is 18.1 Å². The van der Waals surface area contributed by atoms with Crippen LogP contribution >= 0.6 is 0 Å². The maximum atomic E-state index is 12.1. The lowest BCUT2D eigenvalue weighted by Gasteiger charge is -2.24. The molecular weight excluding hydrogens is 294 g/mol. The Morgan fingerprint density at radius 2 is 2.13 bits per heavy atom. The van der Waals surface area contributed by atoms with Gasteiger partial charge < -0.3 is 9.84 Å². The Bertz CT molecular complexity index is 755. The van der Waals surface area contributed by atoms with Crippen LogP contribution in [0, 0.1) is 0 Å². The second-order valence-electron chi connectivity index (χ2n) is 7.18. The molecule has 1 aliphatic rings. The van der Waals surface area contributed by atoms with E-state index in [1.54, 1.807) is 0 Å². The number of ether oxygens (including phenoxy) is 1. The Hall–Kier alpha value is -1.95. The summed E-state index contributed by atoms with van der Waals surface area (Å²) in [4.78, 5) is 16.6. The zero-order chi connectivity index (χ0) is 16.8. The Morgan fingerprint density at radius 3 is 2.65 bits per heavy atom. The second kappa shape index (κ2) is 5.60. The van der Waals surface area contributed by atoms with Gasteiger partial charge in [0.05, 0.1) is 16.6 Å². The molecule has 1 fully saturated rings. The first-order valence-electron chi connectivity index (χ1n) is 7.98. The van der Waals surface area contributed by atoms with E-state index in [2.05, 4.69) is 4.98 Å². The summed E-state index contributed by atoms with van der Waals surface area (Å²) in [6, 6.07) is 1.43. The molecule has 2 aromatic heterocycles. The first-order valence-corrected chi connectivity index (χ1v) is 7.98. The molecule has 0 radical (unpaired) electrons. The van der Waals surface area contributed by atoms with E-state index in [0.717, 1.165) is 18.5 Å². The Morgan fingerprint density at radius 1 is 1.43 bits per heavy atom. The van der Waals surface area contributed by atoms with E-state index in [1.165, 1.54) is 19.6 Å². The van der Waals surface area contributed by atoms with Crippen molar-refractivity contribution in [1.82, 2.24) is 14.8 Å². The number of hydrogen-bond donors (Lipinski definition) is 1. The van der Waals surface area contributed by atoms with E-state index in [0.29, 0.717) is 17.0 Å². The van der Waals surface area contributed by atoms with E-state index in [-0.39, 0.29) is 29.4 Å². The fourth-order valence-electron chi connectivity index (χ4n) is 2.91. The van der Waals surface area contributed by atoms with Gasteiger partial charge in [0.25, 0.3) is 0 Å². The number of Topliss-reactive ketones (excluding diaryl/α,β-unsaturated/α-hetero) is 1. The smallest absolute Gasteiger partial charge is 0.206 e. The lowest BCUT2D eigenvalue weighted by molar-refractivity contribution is 0.0842. The zero-order valence-electron chi connectivity index (χ0n) is 14.1. The Labute approximate surface area is 135 Å². The molecule has 0 aromatic carbocycles. The molecule has 6 heteroatoms. The second-order valence-corrected chi connectivity index (χ2v) is 7.18. The molecule has 0 atom stereocenters. The lowest BCUT2D eigenvalue weighted by atomic mass is 9.82. The number of methoxy groups -OCH3 is 1. The van der Waals surface area contributed by atoms with Crippen molar-refractivity contribution >= 4 is 16.8 Å². The fraction of sp³-hybridized carbons (Fsp3) is 0.588. The topological polar surface area (TPSA) is 77.2 Å². The largest absolute Gasteiger partial charge is 0.507 e. The van der Waals surface area contributed by atoms with E-state index >= 15 is 0 Å². The third-order valence-corrected chi connectivity index (χ3v) is 4.33. The van der Waals surface area contributed by atoms with Crippen molar-refractivity contribution in [3.05, 3.63) is 17.5 Å². The van der Waals surface area contributed by atoms with Gasteiger partial charge in [-0.3, -0.25) is 4.79 Å². The van der Waals surface area contributed by atoms with E-state index in [4.69, 9.17) is 9.84 Å². The number of pyridine rings is 1. The normalized spacial score (nSPS) is 15.8. The summed E-state index contributed by atoms with van der Waals surface area (Å²) in [6.07, 6.45) is 3.35. The molecule has 0 amide bonds. The standard InChI is InChI=1S/C17H23N3O3/c1-17(2,3)20-16-14(15(19-20)10-6-5-7-10)12(21)8-11(18-16)13(22)9-23-4/h8,10H,5-7,9H2,1-4H3,(H,18,21). The highest BCUT2D eigenvalue weighted by Crippen LogP contribution is 2.42. The predicted octanol–water partition coefficient (Wildman–Crippen LogP) is 2.99. The van der Waals surface area contributed by atoms with Gasteiger partial charge in [-0.05, 0) is 33.6 Å². The number of aromatic nitrogens is 3. The molecule has 2 aromatic rings. The molecule has 1 aliphatic carbocycles. The molecule has 1 saturated carbocycles. The van der Waals surface area contributed by atoms with E-state index in [9.17, 15) is 9.90 Å². The van der Waals surface area contributed by atoms with Crippen molar-refractivity contribution < 1.29 is 14.6 Å². The van der Waals surface area contributed by atoms with Crippen LogP contribution in [0.2, 0.25) is 0 Å². The third-order valence-electron chi connectivity index (χ3n) is 4.33. The molecule has 0 spiro atoms. The van der Waals surface area contributed by atoms with Crippen LogP contribution in [0.5, 0.6) is 5.75 Å². The maximum Gasteiger partial charge on any atom is 0.206 e. The number of rotatable bonds is 4. The van der Waals surface area contributed by atoms with Gasteiger partial charge in [0, 0.05) is 19.1 Å². The summed E-state index contributed by atoms with van der Waals surface area (Å²) < 4.78 is 6.70. The summed E-state index contributed by atoms with van der Waals surface area (Å²) in [5, 5.41) is 15.9. The molecule has 0 bridgehead atoms. The highest BCUT2D eigenvalue weighted by Gasteiger charge is 2.31. The summed E-state index contributed by atoms with van der Waals surface area (Å²) in [5.74, 6) is 0.192. The predicted molar refractivity (Wildman–Crippen MR) is 87.0 cm³/mol. The molecule has 23 heavy (non-hydrogen) atoms. The van der Waals surface area contributed by atoms with Crippen molar-refractivity contribution in [2.75, 3.05) is 13.7 Å². The lowest BCUT2D eigenvalue weighted by Crippen LogP contribution is -2.24. The zero-order valence-corrected chi connectivity index (χ0v) is 14.1. The molecule has 2 heterocycles. The van der Waals surface area contributed by atoms with Crippen LogP contribution in [0.3, 0.4) is 0 Å². The summed E-state index contributed by atoms with van der Waals surface area (Å²) in [6.45, 7) is 6.04. The number of aromatic hydroxyl groups is 1. The highest BCUT2D eigenvalue weighted by molar-refractivity contribution is 5.99. The van der Waals surface area contributed by atoms with Gasteiger partial charge in [-0.1, -0.05) is 6.42 Å². The molecule has 0 aliphatic heterocycles. The summed E-state index contributed by atoms with van der Waals surface area (Å²) in [7, 11) is 1.46. The van der Waals surface area contributed by atoms with Crippen molar-refractivity contribution in [2.24, 2.45) is 0 Å². The van der Waals surface area contributed by atoms with E-state index in [1.807, 2.05) is 25.5 Å². The number of carbonyl (C=O) groups is 1. The monoisotopic (exact) mass is 317 g/mol. The number of nitrogens with zero attached hydrogens (tertiary/aromatic N) is 3. The van der Waals surface area contributed by atoms with Gasteiger partial charge in [-0.25, -0.2) is 9.67 Å². The third kappa shape index (κ3) is 2.72. The number of fused-ring (bicyclic) bond motifs is 1. The number of carbonyl (C=O) groups excluding carboxylic acids is 1. The minimum Gasteiger partial charge on any atom is -0.507 e. The average molecular weight is 317 g/mol. The molecule has 124 valence electrons. The van der Waals surface area contributed by atoms with Crippen LogP contribution in [0.4, 0.5) is 0 Å². The first kappa shape index (κ1) is 15.9. The first-order chi connectivity index (χ1) is 10.8. The van der Waals surface area contributed by atoms with Gasteiger partial charge in [-0.15, -0.1) is 0 Å². The molecule has 6 nitrogen and oxygen atoms in total. The van der Waals surface area contributed by atoms with Crippen molar-refractivity contribution in [3.63, 3.8) is 0 Å². The van der Waals surface area contributed by atoms with Gasteiger partial charge in [0.2, 0.25) is 5.78 Å². The number of hydrogen-bond acceptors (Lipinski definition) is 5. The molecule has 0 unspecified atom stereocenters. The minimum atomic E-state index is -0.289. The Kier molecular flexibility index (Phi) is 3.88. The van der Waals surface area contributed by atoms with Gasteiger partial charge in [0.15, 0.2) is 5.65 Å². The average Bonchev–Trinajstić information content (AvgIpc) is 2.77. The molecule has 3 rings (SSSR count). The summed E-state index contributed by atoms with van der Waals surface area (Å²) >= 11 is 0.